The Bertz CT molecular complexity index is 604. The highest BCUT2D eigenvalue weighted by Gasteiger charge is 2.05. The minimum Gasteiger partial charge on any atom is -0.447 e. The van der Waals surface area contributed by atoms with E-state index >= 15 is 0 Å². The number of carbonyl (C=O) groups excluding carboxylic acids is 1. The number of hydrogen-bond donors (Lipinski definition) is 1. The molecule has 2 rings (SSSR count). The summed E-state index contributed by atoms with van der Waals surface area (Å²) in [6, 6.07) is 8.24. The molecule has 0 aliphatic carbocycles. The van der Waals surface area contributed by atoms with Gasteiger partial charge in [-0.3, -0.25) is 4.79 Å². The summed E-state index contributed by atoms with van der Waals surface area (Å²) < 4.78 is 6.61. The Morgan fingerprint density at radius 2 is 2.00 bits per heavy atom. The number of halogens is 3. The van der Waals surface area contributed by atoms with Gasteiger partial charge < -0.3 is 4.42 Å². The SMILES string of the molecule is O=C(N/N=C\c1cc(Br)c(Br)o1)c1ccc(Cl)cc1. The number of rotatable bonds is 3. The van der Waals surface area contributed by atoms with E-state index in [9.17, 15) is 4.79 Å². The van der Waals surface area contributed by atoms with Gasteiger partial charge in [0.25, 0.3) is 5.91 Å². The molecule has 0 fully saturated rings. The lowest BCUT2D eigenvalue weighted by Crippen LogP contribution is -2.17. The largest absolute Gasteiger partial charge is 0.447 e. The van der Waals surface area contributed by atoms with Gasteiger partial charge in [0.1, 0.15) is 5.76 Å². The molecule has 0 aliphatic rings. The van der Waals surface area contributed by atoms with Crippen LogP contribution in [0.25, 0.3) is 0 Å². The van der Waals surface area contributed by atoms with E-state index in [1.54, 1.807) is 30.3 Å². The molecule has 2 aromatic rings. The average Bonchev–Trinajstić information content (AvgIpc) is 2.69. The van der Waals surface area contributed by atoms with E-state index in [0.29, 0.717) is 21.0 Å². The third kappa shape index (κ3) is 3.92. The van der Waals surface area contributed by atoms with E-state index in [0.717, 1.165) is 4.47 Å². The number of furan rings is 1. The Hall–Kier alpha value is -1.11. The van der Waals surface area contributed by atoms with Gasteiger partial charge in [-0.2, -0.15) is 5.10 Å². The lowest BCUT2D eigenvalue weighted by molar-refractivity contribution is 0.0955. The molecule has 0 bridgehead atoms. The first kappa shape index (κ1) is 14.3. The van der Waals surface area contributed by atoms with Crippen molar-refractivity contribution in [3.05, 3.63) is 55.8 Å². The summed E-state index contributed by atoms with van der Waals surface area (Å²) in [6.45, 7) is 0. The number of hydrazone groups is 1. The Balaban J connectivity index is 1.98. The highest BCUT2D eigenvalue weighted by molar-refractivity contribution is 9.13. The van der Waals surface area contributed by atoms with Crippen LogP contribution in [0, 0.1) is 0 Å². The number of hydrogen-bond acceptors (Lipinski definition) is 3. The van der Waals surface area contributed by atoms with Gasteiger partial charge in [0, 0.05) is 16.7 Å². The maximum Gasteiger partial charge on any atom is 0.271 e. The Labute approximate surface area is 131 Å². The van der Waals surface area contributed by atoms with E-state index in [2.05, 4.69) is 42.4 Å². The van der Waals surface area contributed by atoms with Crippen LogP contribution in [0.15, 0.2) is 49.0 Å². The number of carbonyl (C=O) groups is 1. The summed E-state index contributed by atoms with van der Waals surface area (Å²) in [6.07, 6.45) is 1.41. The molecule has 98 valence electrons. The van der Waals surface area contributed by atoms with Crippen LogP contribution >= 0.6 is 43.5 Å². The van der Waals surface area contributed by atoms with Crippen LogP contribution in [0.1, 0.15) is 16.1 Å². The van der Waals surface area contributed by atoms with Crippen LogP contribution in [0.5, 0.6) is 0 Å². The summed E-state index contributed by atoms with van der Waals surface area (Å²) in [5.74, 6) is 0.188. The van der Waals surface area contributed by atoms with Gasteiger partial charge in [-0.15, -0.1) is 0 Å². The lowest BCUT2D eigenvalue weighted by Gasteiger charge is -1.98. The average molecular weight is 406 g/mol. The van der Waals surface area contributed by atoms with Gasteiger partial charge in [0.05, 0.1) is 10.7 Å². The Kier molecular flexibility index (Phi) is 4.79. The van der Waals surface area contributed by atoms with Crippen molar-refractivity contribution in [2.45, 2.75) is 0 Å². The van der Waals surface area contributed by atoms with Gasteiger partial charge in [0.15, 0.2) is 4.67 Å². The fourth-order valence-electron chi connectivity index (χ4n) is 1.25. The van der Waals surface area contributed by atoms with Crippen LogP contribution in [-0.4, -0.2) is 12.1 Å². The normalized spacial score (nSPS) is 10.9. The first-order chi connectivity index (χ1) is 9.06. The second kappa shape index (κ2) is 6.36. The molecule has 1 amide bonds. The molecule has 0 unspecified atom stereocenters. The van der Waals surface area contributed by atoms with Gasteiger partial charge in [-0.05, 0) is 56.1 Å². The molecule has 1 heterocycles. The van der Waals surface area contributed by atoms with Gasteiger partial charge in [-0.1, -0.05) is 11.6 Å². The zero-order valence-corrected chi connectivity index (χ0v) is 13.3. The van der Waals surface area contributed by atoms with Crippen molar-refractivity contribution in [1.29, 1.82) is 0 Å². The quantitative estimate of drug-likeness (QED) is 0.613. The molecule has 0 spiro atoms. The van der Waals surface area contributed by atoms with Crippen molar-refractivity contribution in [1.82, 2.24) is 5.43 Å². The topological polar surface area (TPSA) is 54.6 Å². The van der Waals surface area contributed by atoms with E-state index in [4.69, 9.17) is 16.0 Å². The second-order valence-electron chi connectivity index (χ2n) is 3.48. The number of nitrogens with zero attached hydrogens (tertiary/aromatic N) is 1. The molecule has 1 aromatic heterocycles. The van der Waals surface area contributed by atoms with Crippen LogP contribution in [0.2, 0.25) is 5.02 Å². The van der Waals surface area contributed by atoms with Gasteiger partial charge in [0.2, 0.25) is 0 Å². The van der Waals surface area contributed by atoms with Crippen molar-refractivity contribution in [2.75, 3.05) is 0 Å². The number of nitrogens with one attached hydrogen (secondary N) is 1. The fourth-order valence-corrected chi connectivity index (χ4v) is 1.98. The van der Waals surface area contributed by atoms with E-state index < -0.39 is 0 Å². The molecular formula is C12H7Br2ClN2O2. The maximum absolute atomic E-state index is 11.7. The molecule has 19 heavy (non-hydrogen) atoms. The molecule has 1 aromatic carbocycles. The predicted molar refractivity (Wildman–Crippen MR) is 80.6 cm³/mol. The standard InChI is InChI=1S/C12H7Br2ClN2O2/c13-10-5-9(19-11(10)14)6-16-17-12(18)7-1-3-8(15)4-2-7/h1-6H,(H,17,18)/b16-6-. The molecule has 0 radical (unpaired) electrons. The summed E-state index contributed by atoms with van der Waals surface area (Å²) in [5.41, 5.74) is 2.87. The molecule has 7 heteroatoms. The zero-order chi connectivity index (χ0) is 13.8. The minimum atomic E-state index is -0.322. The van der Waals surface area contributed by atoms with E-state index in [1.807, 2.05) is 0 Å². The molecule has 0 aliphatic heterocycles. The molecule has 4 nitrogen and oxygen atoms in total. The zero-order valence-electron chi connectivity index (χ0n) is 9.36. The highest BCUT2D eigenvalue weighted by atomic mass is 79.9. The smallest absolute Gasteiger partial charge is 0.271 e. The van der Waals surface area contributed by atoms with Crippen molar-refractivity contribution >= 4 is 55.6 Å². The predicted octanol–water partition coefficient (Wildman–Crippen LogP) is 4.22. The van der Waals surface area contributed by atoms with Crippen LogP contribution in [-0.2, 0) is 0 Å². The van der Waals surface area contributed by atoms with Gasteiger partial charge >= 0.3 is 0 Å². The molecular weight excluding hydrogens is 399 g/mol. The molecule has 0 saturated carbocycles. The molecule has 0 saturated heterocycles. The third-order valence-electron chi connectivity index (χ3n) is 2.13. The summed E-state index contributed by atoms with van der Waals surface area (Å²) >= 11 is 12.2. The van der Waals surface area contributed by atoms with Crippen molar-refractivity contribution < 1.29 is 9.21 Å². The van der Waals surface area contributed by atoms with E-state index in [-0.39, 0.29) is 5.91 Å². The number of amides is 1. The first-order valence-corrected chi connectivity index (χ1v) is 7.06. The molecule has 0 atom stereocenters. The van der Waals surface area contributed by atoms with Crippen molar-refractivity contribution in [3.8, 4) is 0 Å². The van der Waals surface area contributed by atoms with Crippen LogP contribution < -0.4 is 5.43 Å². The molecule has 1 N–H and O–H groups in total. The fraction of sp³-hybridized carbons (Fsp3) is 0. The van der Waals surface area contributed by atoms with Crippen molar-refractivity contribution in [2.24, 2.45) is 5.10 Å². The highest BCUT2D eigenvalue weighted by Crippen LogP contribution is 2.25. The van der Waals surface area contributed by atoms with Gasteiger partial charge in [-0.25, -0.2) is 5.43 Å². The lowest BCUT2D eigenvalue weighted by atomic mass is 10.2. The maximum atomic E-state index is 11.7. The van der Waals surface area contributed by atoms with E-state index in [1.165, 1.54) is 6.21 Å². The summed E-state index contributed by atoms with van der Waals surface area (Å²) in [7, 11) is 0. The third-order valence-corrected chi connectivity index (χ3v) is 4.09. The number of benzene rings is 1. The Morgan fingerprint density at radius 3 is 2.58 bits per heavy atom. The van der Waals surface area contributed by atoms with Crippen LogP contribution in [0.3, 0.4) is 0 Å². The second-order valence-corrected chi connectivity index (χ2v) is 5.49. The first-order valence-electron chi connectivity index (χ1n) is 5.10. The Morgan fingerprint density at radius 1 is 1.32 bits per heavy atom. The summed E-state index contributed by atoms with van der Waals surface area (Å²) in [5, 5.41) is 4.38. The minimum absolute atomic E-state index is 0.322. The monoisotopic (exact) mass is 404 g/mol. The van der Waals surface area contributed by atoms with Crippen molar-refractivity contribution in [3.63, 3.8) is 0 Å². The summed E-state index contributed by atoms with van der Waals surface area (Å²) in [4.78, 5) is 11.7. The van der Waals surface area contributed by atoms with Crippen LogP contribution in [0.4, 0.5) is 0 Å².